The largest absolute Gasteiger partial charge is 0.388 e. The number of aliphatic hydroxyl groups excluding tert-OH is 1. The molecule has 0 aliphatic carbocycles. The molecule has 0 bridgehead atoms. The van der Waals surface area contributed by atoms with Gasteiger partial charge >= 0.3 is 0 Å². The van der Waals surface area contributed by atoms with E-state index in [4.69, 9.17) is 9.47 Å². The van der Waals surface area contributed by atoms with E-state index in [0.29, 0.717) is 0 Å². The highest BCUT2D eigenvalue weighted by Gasteiger charge is 2.19. The molecule has 1 unspecified atom stereocenters. The lowest BCUT2D eigenvalue weighted by molar-refractivity contribution is -0.164. The van der Waals surface area contributed by atoms with Gasteiger partial charge in [0.2, 0.25) is 0 Å². The maximum atomic E-state index is 10.7. The molecule has 0 aromatic carbocycles. The Balaban J connectivity index is 3.92. The minimum Gasteiger partial charge on any atom is -0.388 e. The molecule has 0 saturated carbocycles. The summed E-state index contributed by atoms with van der Waals surface area (Å²) in [6.07, 6.45) is -0.439. The molecule has 0 aliphatic heterocycles. The van der Waals surface area contributed by atoms with Crippen LogP contribution in [0.3, 0.4) is 0 Å². The molecule has 0 saturated heterocycles. The highest BCUT2D eigenvalue weighted by Crippen LogP contribution is 2.05. The summed E-state index contributed by atoms with van der Waals surface area (Å²) in [7, 11) is -0.267. The van der Waals surface area contributed by atoms with Gasteiger partial charge in [-0.1, -0.05) is 0 Å². The number of hydrogen-bond donors (Lipinski definition) is 1. The molecular formula is C7H16O5S. The molecule has 0 aromatic rings. The van der Waals surface area contributed by atoms with Crippen LogP contribution in [0.2, 0.25) is 0 Å². The standard InChI is InChI=1S/C7H16O5S/c1-11-7(12-2)6(8)4-5-13(3,9)10/h6-8H,4-5H2,1-3H3. The van der Waals surface area contributed by atoms with Gasteiger partial charge in [0, 0.05) is 20.5 Å². The number of rotatable bonds is 6. The molecule has 0 spiro atoms. The molecule has 0 rings (SSSR count). The first-order valence-corrected chi connectivity index (χ1v) is 5.88. The van der Waals surface area contributed by atoms with Crippen molar-refractivity contribution in [3.63, 3.8) is 0 Å². The molecule has 0 radical (unpaired) electrons. The highest BCUT2D eigenvalue weighted by molar-refractivity contribution is 7.90. The third kappa shape index (κ3) is 5.98. The van der Waals surface area contributed by atoms with Crippen molar-refractivity contribution < 1.29 is 23.0 Å². The van der Waals surface area contributed by atoms with Gasteiger partial charge in [-0.15, -0.1) is 0 Å². The first-order chi connectivity index (χ1) is 5.90. The predicted molar refractivity (Wildman–Crippen MR) is 48.1 cm³/mol. The number of methoxy groups -OCH3 is 2. The number of sulfone groups is 1. The summed E-state index contributed by atoms with van der Waals surface area (Å²) in [6, 6.07) is 0. The Morgan fingerprint density at radius 3 is 2.08 bits per heavy atom. The van der Waals surface area contributed by atoms with Gasteiger partial charge in [0.15, 0.2) is 6.29 Å². The zero-order valence-corrected chi connectivity index (χ0v) is 8.87. The first-order valence-electron chi connectivity index (χ1n) is 3.82. The van der Waals surface area contributed by atoms with Crippen molar-refractivity contribution >= 4 is 9.84 Å². The van der Waals surface area contributed by atoms with Crippen LogP contribution in [0.25, 0.3) is 0 Å². The lowest BCUT2D eigenvalue weighted by atomic mass is 10.3. The van der Waals surface area contributed by atoms with Crippen LogP contribution in [-0.2, 0) is 19.3 Å². The second-order valence-electron chi connectivity index (χ2n) is 2.83. The number of hydrogen-bond acceptors (Lipinski definition) is 5. The molecule has 80 valence electrons. The second-order valence-corrected chi connectivity index (χ2v) is 5.09. The normalized spacial score (nSPS) is 14.8. The molecular weight excluding hydrogens is 196 g/mol. The number of ether oxygens (including phenoxy) is 2. The quantitative estimate of drug-likeness (QED) is 0.595. The van der Waals surface area contributed by atoms with Gasteiger partial charge < -0.3 is 14.6 Å². The topological polar surface area (TPSA) is 72.8 Å². The monoisotopic (exact) mass is 212 g/mol. The summed E-state index contributed by atoms with van der Waals surface area (Å²) < 4.78 is 31.0. The Morgan fingerprint density at radius 1 is 1.31 bits per heavy atom. The van der Waals surface area contributed by atoms with E-state index in [2.05, 4.69) is 0 Å². The summed E-state index contributed by atoms with van der Waals surface area (Å²) in [5.41, 5.74) is 0. The molecule has 6 heteroatoms. The van der Waals surface area contributed by atoms with Crippen LogP contribution in [0.1, 0.15) is 6.42 Å². The minimum atomic E-state index is -3.04. The number of aliphatic hydroxyl groups is 1. The van der Waals surface area contributed by atoms with Gasteiger partial charge in [-0.25, -0.2) is 8.42 Å². The molecule has 0 heterocycles. The zero-order valence-electron chi connectivity index (χ0n) is 8.06. The molecule has 0 amide bonds. The van der Waals surface area contributed by atoms with Crippen molar-refractivity contribution in [1.29, 1.82) is 0 Å². The molecule has 1 N–H and O–H groups in total. The Kier molecular flexibility index (Phi) is 5.46. The SMILES string of the molecule is COC(OC)C(O)CCS(C)(=O)=O. The smallest absolute Gasteiger partial charge is 0.182 e. The molecule has 13 heavy (non-hydrogen) atoms. The van der Waals surface area contributed by atoms with E-state index in [9.17, 15) is 13.5 Å². The van der Waals surface area contributed by atoms with Gasteiger partial charge in [-0.2, -0.15) is 0 Å². The van der Waals surface area contributed by atoms with E-state index < -0.39 is 22.2 Å². The Morgan fingerprint density at radius 2 is 1.77 bits per heavy atom. The zero-order chi connectivity index (χ0) is 10.5. The van der Waals surface area contributed by atoms with Crippen LogP contribution in [-0.4, -0.2) is 52.1 Å². The van der Waals surface area contributed by atoms with E-state index in [0.717, 1.165) is 6.26 Å². The van der Waals surface area contributed by atoms with Crippen LogP contribution in [0.15, 0.2) is 0 Å². The van der Waals surface area contributed by atoms with Crippen LogP contribution in [0.5, 0.6) is 0 Å². The lowest BCUT2D eigenvalue weighted by Gasteiger charge is -2.19. The summed E-state index contributed by atoms with van der Waals surface area (Å²) in [5.74, 6) is -0.0720. The van der Waals surface area contributed by atoms with Crippen molar-refractivity contribution in [2.24, 2.45) is 0 Å². The fourth-order valence-electron chi connectivity index (χ4n) is 0.881. The summed E-state index contributed by atoms with van der Waals surface area (Å²) in [5, 5.41) is 9.36. The van der Waals surface area contributed by atoms with E-state index in [1.807, 2.05) is 0 Å². The molecule has 0 fully saturated rings. The van der Waals surface area contributed by atoms with Crippen molar-refractivity contribution in [3.8, 4) is 0 Å². The fourth-order valence-corrected chi connectivity index (χ4v) is 1.55. The van der Waals surface area contributed by atoms with Crippen molar-refractivity contribution in [2.45, 2.75) is 18.8 Å². The Labute approximate surface area is 78.6 Å². The molecule has 1 atom stereocenters. The first kappa shape index (κ1) is 12.8. The van der Waals surface area contributed by atoms with E-state index >= 15 is 0 Å². The van der Waals surface area contributed by atoms with Gasteiger partial charge in [0.25, 0.3) is 0 Å². The van der Waals surface area contributed by atoms with Gasteiger partial charge in [-0.05, 0) is 6.42 Å². The summed E-state index contributed by atoms with van der Waals surface area (Å²) in [6.45, 7) is 0. The van der Waals surface area contributed by atoms with Crippen molar-refractivity contribution in [1.82, 2.24) is 0 Å². The van der Waals surface area contributed by atoms with Crippen LogP contribution < -0.4 is 0 Å². The highest BCUT2D eigenvalue weighted by atomic mass is 32.2. The maximum Gasteiger partial charge on any atom is 0.182 e. The van der Waals surface area contributed by atoms with Crippen LogP contribution in [0.4, 0.5) is 0 Å². The predicted octanol–water partition coefficient (Wildman–Crippen LogP) is -0.599. The van der Waals surface area contributed by atoms with Crippen molar-refractivity contribution in [3.05, 3.63) is 0 Å². The Bertz CT molecular complexity index is 219. The summed E-state index contributed by atoms with van der Waals surface area (Å²) >= 11 is 0. The minimum absolute atomic E-state index is 0.0720. The average molecular weight is 212 g/mol. The van der Waals surface area contributed by atoms with Crippen molar-refractivity contribution in [2.75, 3.05) is 26.2 Å². The average Bonchev–Trinajstić information content (AvgIpc) is 2.02. The Hall–Kier alpha value is -0.170. The van der Waals surface area contributed by atoms with E-state index in [-0.39, 0.29) is 12.2 Å². The fraction of sp³-hybridized carbons (Fsp3) is 1.00. The lowest BCUT2D eigenvalue weighted by Crippen LogP contribution is -2.31. The van der Waals surface area contributed by atoms with Gasteiger partial charge in [0.05, 0.1) is 5.75 Å². The van der Waals surface area contributed by atoms with Crippen LogP contribution >= 0.6 is 0 Å². The maximum absolute atomic E-state index is 10.7. The third-order valence-corrected chi connectivity index (χ3v) is 2.54. The third-order valence-electron chi connectivity index (χ3n) is 1.56. The second kappa shape index (κ2) is 5.54. The molecule has 5 nitrogen and oxygen atoms in total. The van der Waals surface area contributed by atoms with Crippen LogP contribution in [0, 0.1) is 0 Å². The summed E-state index contributed by atoms with van der Waals surface area (Å²) in [4.78, 5) is 0. The van der Waals surface area contributed by atoms with E-state index in [1.165, 1.54) is 14.2 Å². The van der Waals surface area contributed by atoms with Gasteiger partial charge in [0.1, 0.15) is 15.9 Å². The molecule has 0 aromatic heterocycles. The van der Waals surface area contributed by atoms with E-state index in [1.54, 1.807) is 0 Å². The van der Waals surface area contributed by atoms with Gasteiger partial charge in [-0.3, -0.25) is 0 Å². The molecule has 0 aliphatic rings.